The molecule has 1 aliphatic heterocycles. The summed E-state index contributed by atoms with van der Waals surface area (Å²) >= 11 is 10.2. The van der Waals surface area contributed by atoms with Crippen LogP contribution in [0.15, 0.2) is 28.7 Å². The predicted octanol–water partition coefficient (Wildman–Crippen LogP) is 2.32. The number of amides is 1. The molecule has 0 bridgehead atoms. The van der Waals surface area contributed by atoms with Crippen LogP contribution >= 0.6 is 39.5 Å². The van der Waals surface area contributed by atoms with Gasteiger partial charge in [0.05, 0.1) is 13.3 Å². The molecule has 1 saturated heterocycles. The summed E-state index contributed by atoms with van der Waals surface area (Å²) in [5.74, 6) is -0.446. The zero-order chi connectivity index (χ0) is 17.1. The van der Waals surface area contributed by atoms with Crippen molar-refractivity contribution in [1.82, 2.24) is 14.7 Å². The number of hydrogen-bond acceptors (Lipinski definition) is 7. The minimum atomic E-state index is -0.578. The molecule has 1 aliphatic rings. The van der Waals surface area contributed by atoms with E-state index in [1.54, 1.807) is 4.68 Å². The molecule has 0 radical (unpaired) electrons. The topological polar surface area (TPSA) is 85.4 Å². The Balaban J connectivity index is 1.68. The second-order valence-electron chi connectivity index (χ2n) is 5.29. The molecule has 1 aromatic heterocycles. The summed E-state index contributed by atoms with van der Waals surface area (Å²) in [7, 11) is 0. The van der Waals surface area contributed by atoms with Crippen molar-refractivity contribution >= 4 is 56.2 Å². The van der Waals surface area contributed by atoms with Crippen LogP contribution in [0, 0.1) is 3.95 Å². The SMILES string of the molecule is NC(=O)C1CN(Cn2nc(Nc3cccc(Br)c3)sc2=S)CCO1. The second-order valence-corrected chi connectivity index (χ2v) is 7.83. The van der Waals surface area contributed by atoms with Gasteiger partial charge in [0, 0.05) is 23.2 Å². The Labute approximate surface area is 156 Å². The van der Waals surface area contributed by atoms with Gasteiger partial charge in [0.25, 0.3) is 0 Å². The van der Waals surface area contributed by atoms with Crippen LogP contribution in [0.3, 0.4) is 0 Å². The fraction of sp³-hybridized carbons (Fsp3) is 0.357. The predicted molar refractivity (Wildman–Crippen MR) is 98.9 cm³/mol. The number of nitrogens with one attached hydrogen (secondary N) is 1. The molecule has 3 rings (SSSR count). The molecule has 10 heteroatoms. The molecule has 1 fully saturated rings. The second kappa shape index (κ2) is 7.70. The standard InChI is InChI=1S/C14H16BrN5O2S2/c15-9-2-1-3-10(6-9)17-13-18-20(14(23)24-13)8-19-4-5-22-11(7-19)12(16)21/h1-3,6,11H,4-5,7-8H2,(H2,16,21)(H,17,18). The van der Waals surface area contributed by atoms with Crippen LogP contribution in [0.1, 0.15) is 0 Å². The van der Waals surface area contributed by atoms with Crippen molar-refractivity contribution in [3.8, 4) is 0 Å². The Hall–Kier alpha value is -1.33. The molecule has 1 unspecified atom stereocenters. The molecule has 128 valence electrons. The van der Waals surface area contributed by atoms with E-state index in [0.717, 1.165) is 15.3 Å². The molecule has 0 spiro atoms. The lowest BCUT2D eigenvalue weighted by molar-refractivity contribution is -0.136. The molecule has 1 amide bonds. The van der Waals surface area contributed by atoms with E-state index in [1.807, 2.05) is 24.3 Å². The average molecular weight is 430 g/mol. The molecule has 7 nitrogen and oxygen atoms in total. The van der Waals surface area contributed by atoms with Gasteiger partial charge in [-0.3, -0.25) is 9.69 Å². The zero-order valence-electron chi connectivity index (χ0n) is 12.6. The van der Waals surface area contributed by atoms with Gasteiger partial charge >= 0.3 is 0 Å². The Morgan fingerprint density at radius 1 is 1.58 bits per heavy atom. The summed E-state index contributed by atoms with van der Waals surface area (Å²) in [5, 5.41) is 8.47. The third kappa shape index (κ3) is 4.39. The van der Waals surface area contributed by atoms with Crippen molar-refractivity contribution in [2.75, 3.05) is 25.0 Å². The van der Waals surface area contributed by atoms with Crippen LogP contribution in [0.2, 0.25) is 0 Å². The van der Waals surface area contributed by atoms with Crippen molar-refractivity contribution in [1.29, 1.82) is 0 Å². The van der Waals surface area contributed by atoms with E-state index >= 15 is 0 Å². The lowest BCUT2D eigenvalue weighted by Crippen LogP contribution is -2.48. The van der Waals surface area contributed by atoms with Gasteiger partial charge in [-0.1, -0.05) is 33.3 Å². The van der Waals surface area contributed by atoms with Crippen molar-refractivity contribution < 1.29 is 9.53 Å². The number of rotatable bonds is 5. The largest absolute Gasteiger partial charge is 0.367 e. The number of aromatic nitrogens is 2. The number of nitrogens with zero attached hydrogens (tertiary/aromatic N) is 3. The maximum absolute atomic E-state index is 11.3. The number of carbonyl (C=O) groups is 1. The van der Waals surface area contributed by atoms with E-state index in [1.165, 1.54) is 11.3 Å². The van der Waals surface area contributed by atoms with Gasteiger partial charge in [-0.05, 0) is 30.4 Å². The van der Waals surface area contributed by atoms with E-state index in [4.69, 9.17) is 22.7 Å². The minimum Gasteiger partial charge on any atom is -0.367 e. The van der Waals surface area contributed by atoms with Crippen molar-refractivity contribution in [3.05, 3.63) is 32.7 Å². The number of primary amides is 1. The van der Waals surface area contributed by atoms with Crippen LogP contribution in [-0.2, 0) is 16.2 Å². The highest BCUT2D eigenvalue weighted by Crippen LogP contribution is 2.23. The highest BCUT2D eigenvalue weighted by molar-refractivity contribution is 9.10. The van der Waals surface area contributed by atoms with E-state index in [2.05, 4.69) is 31.2 Å². The van der Waals surface area contributed by atoms with Gasteiger partial charge in [-0.15, -0.1) is 5.10 Å². The lowest BCUT2D eigenvalue weighted by atomic mass is 10.3. The quantitative estimate of drug-likeness (QED) is 0.709. The minimum absolute atomic E-state index is 0.446. The number of anilines is 2. The van der Waals surface area contributed by atoms with E-state index in [9.17, 15) is 4.79 Å². The van der Waals surface area contributed by atoms with Gasteiger partial charge < -0.3 is 15.8 Å². The molecule has 0 saturated carbocycles. The summed E-state index contributed by atoms with van der Waals surface area (Å²) < 4.78 is 8.74. The first-order valence-electron chi connectivity index (χ1n) is 7.25. The first-order chi connectivity index (χ1) is 11.5. The van der Waals surface area contributed by atoms with Crippen molar-refractivity contribution in [2.45, 2.75) is 12.8 Å². The summed E-state index contributed by atoms with van der Waals surface area (Å²) in [4.78, 5) is 13.3. The van der Waals surface area contributed by atoms with Crippen molar-refractivity contribution in [2.24, 2.45) is 5.73 Å². The molecule has 1 atom stereocenters. The van der Waals surface area contributed by atoms with Crippen molar-refractivity contribution in [3.63, 3.8) is 0 Å². The fourth-order valence-corrected chi connectivity index (χ4v) is 3.74. The third-order valence-electron chi connectivity index (χ3n) is 3.48. The summed E-state index contributed by atoms with van der Waals surface area (Å²) in [5.41, 5.74) is 6.24. The molecule has 1 aromatic carbocycles. The first kappa shape index (κ1) is 17.5. The molecule has 2 heterocycles. The number of halogens is 1. The Morgan fingerprint density at radius 2 is 2.42 bits per heavy atom. The van der Waals surface area contributed by atoms with Crippen LogP contribution < -0.4 is 11.1 Å². The lowest BCUT2D eigenvalue weighted by Gasteiger charge is -2.30. The molecular weight excluding hydrogens is 414 g/mol. The van der Waals surface area contributed by atoms with Gasteiger partial charge in [-0.2, -0.15) is 0 Å². The molecular formula is C14H16BrN5O2S2. The van der Waals surface area contributed by atoms with Gasteiger partial charge in [-0.25, -0.2) is 4.68 Å². The highest BCUT2D eigenvalue weighted by atomic mass is 79.9. The van der Waals surface area contributed by atoms with Gasteiger partial charge in [0.15, 0.2) is 3.95 Å². The Kier molecular flexibility index (Phi) is 5.61. The summed E-state index contributed by atoms with van der Waals surface area (Å²) in [6.07, 6.45) is -0.578. The maximum atomic E-state index is 11.3. The number of benzene rings is 1. The van der Waals surface area contributed by atoms with Gasteiger partial charge in [0.2, 0.25) is 11.0 Å². The van der Waals surface area contributed by atoms with E-state index < -0.39 is 12.0 Å². The molecule has 2 aromatic rings. The first-order valence-corrected chi connectivity index (χ1v) is 9.27. The number of nitrogens with two attached hydrogens (primary N) is 1. The van der Waals surface area contributed by atoms with Gasteiger partial charge in [0.1, 0.15) is 6.10 Å². The van der Waals surface area contributed by atoms with Crippen LogP contribution in [0.5, 0.6) is 0 Å². The summed E-state index contributed by atoms with van der Waals surface area (Å²) in [6, 6.07) is 7.83. The number of carbonyl (C=O) groups excluding carboxylic acids is 1. The van der Waals surface area contributed by atoms with Crippen LogP contribution in [0.25, 0.3) is 0 Å². The fourth-order valence-electron chi connectivity index (χ4n) is 2.33. The molecule has 3 N–H and O–H groups in total. The number of morpholine rings is 1. The van der Waals surface area contributed by atoms with E-state index in [0.29, 0.717) is 30.3 Å². The van der Waals surface area contributed by atoms with Crippen LogP contribution in [0.4, 0.5) is 10.8 Å². The maximum Gasteiger partial charge on any atom is 0.247 e. The highest BCUT2D eigenvalue weighted by Gasteiger charge is 2.25. The number of ether oxygens (including phenoxy) is 1. The normalized spacial score (nSPS) is 18.5. The number of hydrogen-bond donors (Lipinski definition) is 2. The Morgan fingerprint density at radius 3 is 3.17 bits per heavy atom. The van der Waals surface area contributed by atoms with E-state index in [-0.39, 0.29) is 0 Å². The summed E-state index contributed by atoms with van der Waals surface area (Å²) in [6.45, 7) is 2.12. The smallest absolute Gasteiger partial charge is 0.247 e. The monoisotopic (exact) mass is 429 g/mol. The van der Waals surface area contributed by atoms with Crippen LogP contribution in [-0.4, -0.2) is 46.4 Å². The third-order valence-corrected chi connectivity index (χ3v) is 5.20. The zero-order valence-corrected chi connectivity index (χ0v) is 15.9. The Bertz CT molecular complexity index is 793. The molecule has 0 aliphatic carbocycles. The molecule has 24 heavy (non-hydrogen) atoms. The average Bonchev–Trinajstić information content (AvgIpc) is 2.87.